The number of nitrogens with zero attached hydrogens (tertiary/aromatic N) is 4. The van der Waals surface area contributed by atoms with Crippen LogP contribution in [-0.2, 0) is 16.1 Å². The number of hydrogen-bond donors (Lipinski definition) is 2. The summed E-state index contributed by atoms with van der Waals surface area (Å²) in [6.45, 7) is 2.92. The zero-order valence-electron chi connectivity index (χ0n) is 24.1. The Morgan fingerprint density at radius 2 is 1.93 bits per heavy atom. The Bertz CT molecular complexity index is 1460. The molecule has 4 heterocycles. The van der Waals surface area contributed by atoms with Gasteiger partial charge in [0.1, 0.15) is 24.2 Å². The SMILES string of the molecule is CN1C(=O)c2cc(NC(=O)c3cnccn3)ccc2OC[C@@H]2O[C@H](CC(=O)N[C@@H]3CCN(Cc4ccccc4)C3)CC[C@@H]21. The topological polar surface area (TPSA) is 126 Å². The third kappa shape index (κ3) is 6.84. The van der Waals surface area contributed by atoms with E-state index in [0.717, 1.165) is 26.1 Å². The molecule has 3 aliphatic rings. The van der Waals surface area contributed by atoms with Crippen molar-refractivity contribution in [2.45, 2.75) is 56.5 Å². The Labute approximate surface area is 250 Å². The lowest BCUT2D eigenvalue weighted by molar-refractivity contribution is -0.134. The number of rotatable bonds is 7. The van der Waals surface area contributed by atoms with Crippen molar-refractivity contribution in [1.82, 2.24) is 25.1 Å². The zero-order valence-corrected chi connectivity index (χ0v) is 24.1. The summed E-state index contributed by atoms with van der Waals surface area (Å²) in [4.78, 5) is 51.0. The highest BCUT2D eigenvalue weighted by Crippen LogP contribution is 2.32. The molecule has 3 amide bonds. The number of likely N-dealkylation sites (tertiary alicyclic amines) is 1. The van der Waals surface area contributed by atoms with Crippen molar-refractivity contribution in [1.29, 1.82) is 0 Å². The van der Waals surface area contributed by atoms with Gasteiger partial charge in [0, 0.05) is 50.8 Å². The first kappa shape index (κ1) is 28.8. The van der Waals surface area contributed by atoms with E-state index in [1.54, 1.807) is 30.1 Å². The summed E-state index contributed by atoms with van der Waals surface area (Å²) in [5.41, 5.74) is 2.26. The number of benzene rings is 2. The standard InChI is InChI=1S/C32H36N6O5/c1-37-27-9-8-24(16-30(39)35-23-11-14-38(19-23)18-21-5-3-2-4-6-21)43-29(27)20-42-28-10-7-22(15-25(28)32(37)41)36-31(40)26-17-33-12-13-34-26/h2-7,10,12-13,15,17,23-24,27,29H,8-9,11,14,16,18-20H2,1H3,(H,35,39)(H,36,40)/t23-,24+,27+,29+/m1/s1. The van der Waals surface area contributed by atoms with Gasteiger partial charge < -0.3 is 25.0 Å². The van der Waals surface area contributed by atoms with Crippen LogP contribution >= 0.6 is 0 Å². The largest absolute Gasteiger partial charge is 0.490 e. The fourth-order valence-corrected chi connectivity index (χ4v) is 6.15. The van der Waals surface area contributed by atoms with Gasteiger partial charge in [0.25, 0.3) is 11.8 Å². The summed E-state index contributed by atoms with van der Waals surface area (Å²) >= 11 is 0. The van der Waals surface area contributed by atoms with E-state index < -0.39 is 5.91 Å². The summed E-state index contributed by atoms with van der Waals surface area (Å²) < 4.78 is 12.4. The van der Waals surface area contributed by atoms with Gasteiger partial charge in [-0.15, -0.1) is 0 Å². The molecule has 0 unspecified atom stereocenters. The van der Waals surface area contributed by atoms with Crippen LogP contribution in [0.25, 0.3) is 0 Å². The van der Waals surface area contributed by atoms with E-state index in [9.17, 15) is 14.4 Å². The van der Waals surface area contributed by atoms with Gasteiger partial charge in [0.15, 0.2) is 0 Å². The van der Waals surface area contributed by atoms with Crippen LogP contribution in [0.4, 0.5) is 5.69 Å². The molecule has 2 N–H and O–H groups in total. The van der Waals surface area contributed by atoms with Gasteiger partial charge in [-0.2, -0.15) is 0 Å². The van der Waals surface area contributed by atoms with Gasteiger partial charge in [-0.25, -0.2) is 4.98 Å². The number of aromatic nitrogens is 2. The fraction of sp³-hybridized carbons (Fsp3) is 0.406. The molecule has 0 aliphatic carbocycles. The third-order valence-corrected chi connectivity index (χ3v) is 8.36. The van der Waals surface area contributed by atoms with Crippen molar-refractivity contribution >= 4 is 23.4 Å². The average Bonchev–Trinajstić information content (AvgIpc) is 3.46. The highest BCUT2D eigenvalue weighted by atomic mass is 16.5. The summed E-state index contributed by atoms with van der Waals surface area (Å²) in [7, 11) is 1.76. The maximum atomic E-state index is 13.5. The molecule has 6 rings (SSSR count). The van der Waals surface area contributed by atoms with Crippen LogP contribution in [0.5, 0.6) is 5.75 Å². The van der Waals surface area contributed by atoms with Crippen molar-refractivity contribution in [3.8, 4) is 5.75 Å². The third-order valence-electron chi connectivity index (χ3n) is 8.36. The molecular weight excluding hydrogens is 548 g/mol. The maximum Gasteiger partial charge on any atom is 0.275 e. The minimum atomic E-state index is -0.422. The number of likely N-dealkylation sites (N-methyl/N-ethyl adjacent to an activating group) is 1. The molecule has 11 heteroatoms. The van der Waals surface area contributed by atoms with Gasteiger partial charge in [0.05, 0.1) is 30.3 Å². The van der Waals surface area contributed by atoms with E-state index in [0.29, 0.717) is 29.8 Å². The van der Waals surface area contributed by atoms with Crippen molar-refractivity contribution in [3.63, 3.8) is 0 Å². The minimum absolute atomic E-state index is 0.00684. The summed E-state index contributed by atoms with van der Waals surface area (Å²) in [5.74, 6) is -0.236. The number of fused-ring (bicyclic) bond motifs is 2. The van der Waals surface area contributed by atoms with Crippen molar-refractivity contribution in [3.05, 3.63) is 83.9 Å². The first-order valence-electron chi connectivity index (χ1n) is 14.8. The van der Waals surface area contributed by atoms with E-state index in [-0.39, 0.29) is 54.8 Å². The molecule has 3 aromatic rings. The van der Waals surface area contributed by atoms with Crippen LogP contribution < -0.4 is 15.4 Å². The molecule has 0 saturated carbocycles. The number of carbonyl (C=O) groups is 3. The van der Waals surface area contributed by atoms with Gasteiger partial charge in [0.2, 0.25) is 5.91 Å². The normalized spacial score (nSPS) is 23.7. The number of nitrogens with one attached hydrogen (secondary N) is 2. The smallest absolute Gasteiger partial charge is 0.275 e. The highest BCUT2D eigenvalue weighted by molar-refractivity contribution is 6.04. The molecule has 2 saturated heterocycles. The highest BCUT2D eigenvalue weighted by Gasteiger charge is 2.39. The molecule has 0 radical (unpaired) electrons. The van der Waals surface area contributed by atoms with Crippen molar-refractivity contribution < 1.29 is 23.9 Å². The van der Waals surface area contributed by atoms with E-state index in [2.05, 4.69) is 37.6 Å². The fourth-order valence-electron chi connectivity index (χ4n) is 6.15. The molecular formula is C32H36N6O5. The monoisotopic (exact) mass is 584 g/mol. The molecule has 4 atom stereocenters. The first-order chi connectivity index (χ1) is 20.9. The molecule has 224 valence electrons. The van der Waals surface area contributed by atoms with E-state index in [4.69, 9.17) is 9.47 Å². The first-order valence-corrected chi connectivity index (χ1v) is 14.8. The van der Waals surface area contributed by atoms with Crippen LogP contribution in [0.1, 0.15) is 52.1 Å². The van der Waals surface area contributed by atoms with Crippen molar-refractivity contribution in [2.24, 2.45) is 0 Å². The van der Waals surface area contributed by atoms with Crippen LogP contribution in [0.2, 0.25) is 0 Å². The summed E-state index contributed by atoms with van der Waals surface area (Å²) in [6, 6.07) is 15.3. The molecule has 1 aromatic heterocycles. The Morgan fingerprint density at radius 1 is 1.07 bits per heavy atom. The Hall–Kier alpha value is -4.35. The summed E-state index contributed by atoms with van der Waals surface area (Å²) in [5, 5.41) is 5.97. The lowest BCUT2D eigenvalue weighted by atomic mass is 9.94. The molecule has 3 aliphatic heterocycles. The molecule has 43 heavy (non-hydrogen) atoms. The van der Waals surface area contributed by atoms with Crippen LogP contribution in [0, 0.1) is 0 Å². The number of ether oxygens (including phenoxy) is 2. The van der Waals surface area contributed by atoms with Crippen LogP contribution in [0.15, 0.2) is 67.1 Å². The minimum Gasteiger partial charge on any atom is -0.490 e. The Kier molecular flexibility index (Phi) is 8.62. The lowest BCUT2D eigenvalue weighted by Crippen LogP contribution is -2.54. The summed E-state index contributed by atoms with van der Waals surface area (Å²) in [6.07, 6.45) is 6.27. The predicted octanol–water partition coefficient (Wildman–Crippen LogP) is 2.89. The van der Waals surface area contributed by atoms with Gasteiger partial charge in [-0.1, -0.05) is 30.3 Å². The molecule has 0 spiro atoms. The van der Waals surface area contributed by atoms with Crippen LogP contribution in [0.3, 0.4) is 0 Å². The number of hydrogen-bond acceptors (Lipinski definition) is 8. The molecule has 0 bridgehead atoms. The van der Waals surface area contributed by atoms with E-state index in [1.807, 2.05) is 18.2 Å². The second-order valence-electron chi connectivity index (χ2n) is 11.4. The predicted molar refractivity (Wildman–Crippen MR) is 159 cm³/mol. The number of carbonyl (C=O) groups excluding carboxylic acids is 3. The molecule has 2 aromatic carbocycles. The second-order valence-corrected chi connectivity index (χ2v) is 11.4. The Morgan fingerprint density at radius 3 is 2.74 bits per heavy atom. The van der Waals surface area contributed by atoms with Crippen molar-refractivity contribution in [2.75, 3.05) is 32.1 Å². The molecule has 11 nitrogen and oxygen atoms in total. The second kappa shape index (κ2) is 12.9. The van der Waals surface area contributed by atoms with Crippen LogP contribution in [-0.4, -0.2) is 88.5 Å². The lowest BCUT2D eigenvalue weighted by Gasteiger charge is -2.42. The van der Waals surface area contributed by atoms with Gasteiger partial charge in [-0.05, 0) is 43.0 Å². The average molecular weight is 585 g/mol. The molecule has 2 fully saturated rings. The zero-order chi connectivity index (χ0) is 29.8. The quantitative estimate of drug-likeness (QED) is 0.434. The van der Waals surface area contributed by atoms with Gasteiger partial charge in [-0.3, -0.25) is 24.3 Å². The maximum absolute atomic E-state index is 13.5. The number of anilines is 1. The Balaban J connectivity index is 1.03. The van der Waals surface area contributed by atoms with E-state index in [1.165, 1.54) is 24.2 Å². The van der Waals surface area contributed by atoms with E-state index >= 15 is 0 Å². The number of amides is 3. The van der Waals surface area contributed by atoms with Gasteiger partial charge >= 0.3 is 0 Å².